The quantitative estimate of drug-likeness (QED) is 0.407. The van der Waals surface area contributed by atoms with Crippen LogP contribution in [0.1, 0.15) is 32.7 Å². The van der Waals surface area contributed by atoms with Gasteiger partial charge in [0, 0.05) is 55.5 Å². The van der Waals surface area contributed by atoms with Gasteiger partial charge in [-0.1, -0.05) is 12.0 Å². The molecule has 1 aliphatic rings. The third kappa shape index (κ3) is 5.51. The van der Waals surface area contributed by atoms with Crippen LogP contribution >= 0.6 is 0 Å². The zero-order chi connectivity index (χ0) is 26.9. The predicted molar refractivity (Wildman–Crippen MR) is 135 cm³/mol. The van der Waals surface area contributed by atoms with Crippen molar-refractivity contribution < 1.29 is 18.0 Å². The minimum absolute atomic E-state index is 0.0501. The molecule has 4 heterocycles. The number of imidazole rings is 1. The van der Waals surface area contributed by atoms with Crippen LogP contribution in [0.5, 0.6) is 0 Å². The fraction of sp³-hybridized carbons (Fsp3) is 0.259. The van der Waals surface area contributed by atoms with E-state index in [9.17, 15) is 18.0 Å². The maximum Gasteiger partial charge on any atom is 0.416 e. The van der Waals surface area contributed by atoms with Gasteiger partial charge < -0.3 is 10.2 Å². The normalized spacial score (nSPS) is 14.3. The summed E-state index contributed by atoms with van der Waals surface area (Å²) in [5.41, 5.74) is 1.30. The summed E-state index contributed by atoms with van der Waals surface area (Å²) in [6, 6.07) is 9.32. The first kappa shape index (κ1) is 25.4. The maximum atomic E-state index is 13.8. The number of fused-ring (bicyclic) bond motifs is 1. The van der Waals surface area contributed by atoms with Crippen molar-refractivity contribution in [3.8, 4) is 11.8 Å². The van der Waals surface area contributed by atoms with E-state index in [0.717, 1.165) is 6.07 Å². The summed E-state index contributed by atoms with van der Waals surface area (Å²) >= 11 is 0. The maximum absolute atomic E-state index is 13.8. The number of carbonyl (C=O) groups excluding carboxylic acids is 1. The summed E-state index contributed by atoms with van der Waals surface area (Å²) in [4.78, 5) is 25.1. The summed E-state index contributed by atoms with van der Waals surface area (Å²) in [6.45, 7) is 1.62. The lowest BCUT2D eigenvalue weighted by Gasteiger charge is -2.43. The number of benzene rings is 1. The largest absolute Gasteiger partial charge is 0.416 e. The van der Waals surface area contributed by atoms with Crippen LogP contribution in [0.25, 0.3) is 5.65 Å². The highest BCUT2D eigenvalue weighted by Crippen LogP contribution is 2.35. The van der Waals surface area contributed by atoms with Crippen molar-refractivity contribution in [2.75, 3.05) is 32.5 Å². The summed E-state index contributed by atoms with van der Waals surface area (Å²) in [7, 11) is 3.91. The molecule has 0 unspecified atom stereocenters. The fourth-order valence-electron chi connectivity index (χ4n) is 4.18. The number of nitrogens with zero attached hydrogens (tertiary/aromatic N) is 6. The Morgan fingerprint density at radius 3 is 2.71 bits per heavy atom. The van der Waals surface area contributed by atoms with Gasteiger partial charge >= 0.3 is 6.18 Å². The van der Waals surface area contributed by atoms with Crippen molar-refractivity contribution in [2.24, 2.45) is 0 Å². The third-order valence-corrected chi connectivity index (χ3v) is 6.35. The second-order valence-corrected chi connectivity index (χ2v) is 9.28. The van der Waals surface area contributed by atoms with Crippen LogP contribution in [0.15, 0.2) is 61.2 Å². The molecule has 1 saturated heterocycles. The third-order valence-electron chi connectivity index (χ3n) is 6.35. The highest BCUT2D eigenvalue weighted by Gasteiger charge is 2.36. The standard InChI is InChI=1S/C27H24F3N7O/c1-35(2)23-16-36(17-23)15-19-6-7-21(11-24(19)27(28,29)30)34-26(38)20-10-18(12-31-13-20)5-8-22-14-32-25-4-3-9-33-37(22)25/h3-4,6-7,9-14,23H,15-17H2,1-2H3,(H,34,38). The number of hydrogen-bond donors (Lipinski definition) is 1. The summed E-state index contributed by atoms with van der Waals surface area (Å²) in [6.07, 6.45) is 1.48. The van der Waals surface area contributed by atoms with Gasteiger partial charge in [-0.15, -0.1) is 0 Å². The van der Waals surface area contributed by atoms with Gasteiger partial charge in [0.25, 0.3) is 5.91 Å². The van der Waals surface area contributed by atoms with E-state index in [1.165, 1.54) is 30.6 Å². The number of carbonyl (C=O) groups is 1. The molecule has 1 fully saturated rings. The SMILES string of the molecule is CN(C)C1CN(Cc2ccc(NC(=O)c3cncc(C#Cc4cnc5cccnn45)c3)cc2C(F)(F)F)C1. The molecule has 1 amide bonds. The van der Waals surface area contributed by atoms with Gasteiger partial charge in [0.05, 0.1) is 17.3 Å². The zero-order valence-corrected chi connectivity index (χ0v) is 20.7. The molecule has 8 nitrogen and oxygen atoms in total. The highest BCUT2D eigenvalue weighted by molar-refractivity contribution is 6.04. The molecule has 4 aromatic rings. The Morgan fingerprint density at radius 1 is 1.13 bits per heavy atom. The molecule has 1 aromatic carbocycles. The predicted octanol–water partition coefficient (Wildman–Crippen LogP) is 3.54. The van der Waals surface area contributed by atoms with Crippen molar-refractivity contribution in [3.05, 3.63) is 89.1 Å². The van der Waals surface area contributed by atoms with E-state index >= 15 is 0 Å². The van der Waals surface area contributed by atoms with Crippen LogP contribution in [-0.4, -0.2) is 68.5 Å². The molecular formula is C27H24F3N7O. The van der Waals surface area contributed by atoms with Gasteiger partial charge in [0.2, 0.25) is 0 Å². The van der Waals surface area contributed by atoms with E-state index in [1.807, 2.05) is 19.0 Å². The first-order valence-corrected chi connectivity index (χ1v) is 11.8. The van der Waals surface area contributed by atoms with Crippen LogP contribution in [0, 0.1) is 11.8 Å². The molecule has 0 atom stereocenters. The van der Waals surface area contributed by atoms with Crippen molar-refractivity contribution in [2.45, 2.75) is 18.8 Å². The number of hydrogen-bond acceptors (Lipinski definition) is 6. The highest BCUT2D eigenvalue weighted by atomic mass is 19.4. The molecule has 0 saturated carbocycles. The Kier molecular flexibility index (Phi) is 6.84. The summed E-state index contributed by atoms with van der Waals surface area (Å²) in [5.74, 6) is 5.28. The Hall–Kier alpha value is -4.27. The van der Waals surface area contributed by atoms with E-state index in [0.29, 0.717) is 36.0 Å². The molecule has 0 bridgehead atoms. The van der Waals surface area contributed by atoms with E-state index in [2.05, 4.69) is 37.1 Å². The first-order valence-electron chi connectivity index (χ1n) is 11.8. The molecule has 0 spiro atoms. The molecule has 0 radical (unpaired) electrons. The summed E-state index contributed by atoms with van der Waals surface area (Å²) < 4.78 is 43.1. The Morgan fingerprint density at radius 2 is 1.95 bits per heavy atom. The molecule has 0 aliphatic carbocycles. The lowest BCUT2D eigenvalue weighted by atomic mass is 10.0. The molecule has 11 heteroatoms. The fourth-order valence-corrected chi connectivity index (χ4v) is 4.18. The number of halogens is 3. The van der Waals surface area contributed by atoms with Crippen LogP contribution < -0.4 is 5.32 Å². The van der Waals surface area contributed by atoms with Gasteiger partial charge in [0.1, 0.15) is 5.69 Å². The monoisotopic (exact) mass is 519 g/mol. The molecular weight excluding hydrogens is 495 g/mol. The average molecular weight is 520 g/mol. The number of likely N-dealkylation sites (N-methyl/N-ethyl adjacent to an activating group) is 1. The van der Waals surface area contributed by atoms with Gasteiger partial charge in [-0.25, -0.2) is 9.50 Å². The van der Waals surface area contributed by atoms with E-state index in [1.54, 1.807) is 29.0 Å². The number of aromatic nitrogens is 4. The Balaban J connectivity index is 1.31. The first-order chi connectivity index (χ1) is 18.2. The van der Waals surface area contributed by atoms with Gasteiger partial charge in [-0.05, 0) is 55.9 Å². The average Bonchev–Trinajstić information content (AvgIpc) is 3.27. The minimum atomic E-state index is -4.55. The van der Waals surface area contributed by atoms with Gasteiger partial charge in [-0.3, -0.25) is 14.7 Å². The Bertz CT molecular complexity index is 1550. The summed E-state index contributed by atoms with van der Waals surface area (Å²) in [5, 5.41) is 6.75. The number of alkyl halides is 3. The van der Waals surface area contributed by atoms with Gasteiger partial charge in [-0.2, -0.15) is 18.3 Å². The zero-order valence-electron chi connectivity index (χ0n) is 20.7. The van der Waals surface area contributed by atoms with Crippen molar-refractivity contribution >= 4 is 17.2 Å². The molecule has 3 aromatic heterocycles. The van der Waals surface area contributed by atoms with Gasteiger partial charge in [0.15, 0.2) is 5.65 Å². The molecule has 1 N–H and O–H groups in total. The van der Waals surface area contributed by atoms with Crippen LogP contribution in [-0.2, 0) is 12.7 Å². The second-order valence-electron chi connectivity index (χ2n) is 9.28. The molecule has 5 rings (SSSR count). The second kappa shape index (κ2) is 10.2. The molecule has 38 heavy (non-hydrogen) atoms. The Labute approximate surface area is 217 Å². The van der Waals surface area contributed by atoms with E-state index in [4.69, 9.17) is 0 Å². The number of anilines is 1. The number of nitrogens with one attached hydrogen (secondary N) is 1. The minimum Gasteiger partial charge on any atom is -0.322 e. The van der Waals surface area contributed by atoms with E-state index in [-0.39, 0.29) is 23.4 Å². The van der Waals surface area contributed by atoms with Crippen LogP contribution in [0.2, 0.25) is 0 Å². The topological polar surface area (TPSA) is 78.7 Å². The van der Waals surface area contributed by atoms with Crippen LogP contribution in [0.4, 0.5) is 18.9 Å². The van der Waals surface area contributed by atoms with Crippen molar-refractivity contribution in [3.63, 3.8) is 0 Å². The van der Waals surface area contributed by atoms with E-state index < -0.39 is 17.6 Å². The number of rotatable bonds is 5. The smallest absolute Gasteiger partial charge is 0.322 e. The van der Waals surface area contributed by atoms with Crippen molar-refractivity contribution in [1.29, 1.82) is 0 Å². The number of amides is 1. The van der Waals surface area contributed by atoms with Crippen molar-refractivity contribution in [1.82, 2.24) is 29.4 Å². The molecule has 194 valence electrons. The number of pyridine rings is 1. The van der Waals surface area contributed by atoms with Crippen LogP contribution in [0.3, 0.4) is 0 Å². The lowest BCUT2D eigenvalue weighted by Crippen LogP contribution is -2.56. The number of likely N-dealkylation sites (tertiary alicyclic amines) is 1. The lowest BCUT2D eigenvalue weighted by molar-refractivity contribution is -0.138. The molecule has 1 aliphatic heterocycles.